The summed E-state index contributed by atoms with van der Waals surface area (Å²) < 4.78 is 5.96. The van der Waals surface area contributed by atoms with Crippen molar-refractivity contribution in [3.8, 4) is 0 Å². The van der Waals surface area contributed by atoms with Crippen LogP contribution in [0.5, 0.6) is 0 Å². The number of nitrogens with one attached hydrogen (secondary N) is 1. The molecule has 0 heterocycles. The maximum absolute atomic E-state index is 14.1. The van der Waals surface area contributed by atoms with Crippen molar-refractivity contribution in [1.29, 1.82) is 0 Å². The van der Waals surface area contributed by atoms with Gasteiger partial charge < -0.3 is 10.1 Å². The van der Waals surface area contributed by atoms with E-state index in [4.69, 9.17) is 4.74 Å². The van der Waals surface area contributed by atoms with Crippen molar-refractivity contribution in [2.45, 2.75) is 108 Å². The Balaban J connectivity index is 1.96. The summed E-state index contributed by atoms with van der Waals surface area (Å²) in [4.78, 5) is 14.1. The van der Waals surface area contributed by atoms with Gasteiger partial charge in [0.05, 0.1) is 20.7 Å². The van der Waals surface area contributed by atoms with Crippen LogP contribution in [0.3, 0.4) is 0 Å². The highest BCUT2D eigenvalue weighted by atomic mass is 28.3. The SMILES string of the molecule is COC1=C(C[Si](C(C)C)(C(C)C)C(C)C)[C@H]2CCCCC[C@@]2(NCCc2ccccc2)C1=O. The summed E-state index contributed by atoms with van der Waals surface area (Å²) in [5, 5.41) is 3.85. The molecule has 2 atom stereocenters. The zero-order chi connectivity index (χ0) is 24.2. The van der Waals surface area contributed by atoms with E-state index in [0.717, 1.165) is 38.3 Å². The Morgan fingerprint density at radius 2 is 1.64 bits per heavy atom. The Morgan fingerprint density at radius 3 is 2.21 bits per heavy atom. The third-order valence-electron chi connectivity index (χ3n) is 9.10. The summed E-state index contributed by atoms with van der Waals surface area (Å²) in [6, 6.07) is 11.7. The van der Waals surface area contributed by atoms with E-state index in [1.54, 1.807) is 7.11 Å². The first kappa shape index (κ1) is 26.2. The van der Waals surface area contributed by atoms with Crippen molar-refractivity contribution in [2.75, 3.05) is 13.7 Å². The van der Waals surface area contributed by atoms with Gasteiger partial charge >= 0.3 is 0 Å². The van der Waals surface area contributed by atoms with Crippen LogP contribution in [0.2, 0.25) is 22.7 Å². The highest BCUT2D eigenvalue weighted by Crippen LogP contribution is 2.53. The van der Waals surface area contributed by atoms with Gasteiger partial charge in [-0.3, -0.25) is 4.79 Å². The number of fused-ring (bicyclic) bond motifs is 1. The van der Waals surface area contributed by atoms with Gasteiger partial charge in [-0.25, -0.2) is 0 Å². The molecular weight excluding hydrogens is 422 g/mol. The summed E-state index contributed by atoms with van der Waals surface area (Å²) in [6.45, 7) is 15.4. The Labute approximate surface area is 203 Å². The summed E-state index contributed by atoms with van der Waals surface area (Å²) in [5.41, 5.74) is 4.22. The van der Waals surface area contributed by atoms with Crippen LogP contribution in [-0.2, 0) is 16.0 Å². The lowest BCUT2D eigenvalue weighted by Gasteiger charge is -2.45. The first-order chi connectivity index (χ1) is 15.7. The van der Waals surface area contributed by atoms with E-state index in [1.807, 2.05) is 0 Å². The molecule has 0 spiro atoms. The normalized spacial score (nSPS) is 24.1. The lowest BCUT2D eigenvalue weighted by atomic mass is 9.79. The number of carbonyl (C=O) groups excluding carboxylic acids is 1. The van der Waals surface area contributed by atoms with E-state index in [2.05, 4.69) is 77.2 Å². The highest BCUT2D eigenvalue weighted by Gasteiger charge is 2.57. The van der Waals surface area contributed by atoms with E-state index in [1.165, 1.54) is 24.0 Å². The molecule has 33 heavy (non-hydrogen) atoms. The maximum atomic E-state index is 14.1. The first-order valence-electron chi connectivity index (χ1n) is 13.3. The fraction of sp³-hybridized carbons (Fsp3) is 0.690. The van der Waals surface area contributed by atoms with Crippen LogP contribution >= 0.6 is 0 Å². The lowest BCUT2D eigenvalue weighted by molar-refractivity contribution is -0.124. The Morgan fingerprint density at radius 1 is 1.00 bits per heavy atom. The number of hydrogen-bond donors (Lipinski definition) is 1. The van der Waals surface area contributed by atoms with Crippen molar-refractivity contribution >= 4 is 13.9 Å². The van der Waals surface area contributed by atoms with Gasteiger partial charge in [0.1, 0.15) is 0 Å². The number of benzene rings is 1. The third-order valence-corrected chi connectivity index (χ3v) is 16.5. The topological polar surface area (TPSA) is 38.3 Å². The first-order valence-corrected chi connectivity index (χ1v) is 15.7. The molecule has 184 valence electrons. The average molecular weight is 470 g/mol. The van der Waals surface area contributed by atoms with Crippen molar-refractivity contribution in [3.63, 3.8) is 0 Å². The molecule has 3 rings (SSSR count). The summed E-state index contributed by atoms with van der Waals surface area (Å²) in [6.07, 6.45) is 6.53. The van der Waals surface area contributed by atoms with Gasteiger partial charge in [-0.15, -0.1) is 0 Å². The zero-order valence-electron chi connectivity index (χ0n) is 22.2. The van der Waals surface area contributed by atoms with E-state index < -0.39 is 13.6 Å². The van der Waals surface area contributed by atoms with E-state index in [0.29, 0.717) is 22.4 Å². The minimum Gasteiger partial charge on any atom is -0.493 e. The standard InChI is InChI=1S/C29H47NO2Si/c1-21(2)33(22(3)4,23(5)6)20-25-26-16-12-9-13-18-29(26,28(31)27(25)32-7)30-19-17-24-14-10-8-11-15-24/h8,10-11,14-15,21-23,26,30H,9,12-13,16-20H2,1-7H3/t26-,29+/m1/s1. The number of ether oxygens (including phenoxy) is 1. The van der Waals surface area contributed by atoms with Crippen molar-refractivity contribution < 1.29 is 9.53 Å². The quantitative estimate of drug-likeness (QED) is 0.365. The maximum Gasteiger partial charge on any atom is 0.217 e. The van der Waals surface area contributed by atoms with Gasteiger partial charge in [0, 0.05) is 12.5 Å². The molecule has 4 heteroatoms. The van der Waals surface area contributed by atoms with E-state index in [-0.39, 0.29) is 11.7 Å². The fourth-order valence-corrected chi connectivity index (χ4v) is 13.6. The number of ketones is 1. The van der Waals surface area contributed by atoms with Gasteiger partial charge in [-0.05, 0) is 36.4 Å². The molecule has 0 aromatic heterocycles. The molecule has 0 bridgehead atoms. The fourth-order valence-electron chi connectivity index (χ4n) is 7.34. The van der Waals surface area contributed by atoms with Crippen LogP contribution in [0.1, 0.15) is 79.2 Å². The van der Waals surface area contributed by atoms with Gasteiger partial charge in [0.2, 0.25) is 5.78 Å². The zero-order valence-corrected chi connectivity index (χ0v) is 23.2. The minimum atomic E-state index is -1.71. The molecule has 1 saturated carbocycles. The van der Waals surface area contributed by atoms with Crippen LogP contribution in [0, 0.1) is 5.92 Å². The number of rotatable bonds is 10. The van der Waals surface area contributed by atoms with Crippen LogP contribution in [-0.4, -0.2) is 33.1 Å². The molecule has 0 radical (unpaired) electrons. The minimum absolute atomic E-state index is 0.235. The molecular formula is C29H47NO2Si. The number of carbonyl (C=O) groups is 1. The van der Waals surface area contributed by atoms with Crippen molar-refractivity contribution in [3.05, 3.63) is 47.2 Å². The van der Waals surface area contributed by atoms with Gasteiger partial charge in [-0.1, -0.05) is 108 Å². The second-order valence-corrected chi connectivity index (χ2v) is 17.5. The third kappa shape index (κ3) is 4.88. The smallest absolute Gasteiger partial charge is 0.217 e. The highest BCUT2D eigenvalue weighted by molar-refractivity contribution is 6.84. The summed E-state index contributed by atoms with van der Waals surface area (Å²) >= 11 is 0. The number of methoxy groups -OCH3 is 1. The van der Waals surface area contributed by atoms with Gasteiger partial charge in [0.15, 0.2) is 5.76 Å². The van der Waals surface area contributed by atoms with Gasteiger partial charge in [0.25, 0.3) is 0 Å². The molecule has 2 aliphatic rings. The van der Waals surface area contributed by atoms with Crippen LogP contribution < -0.4 is 5.32 Å². The molecule has 1 aromatic rings. The molecule has 0 amide bonds. The molecule has 0 unspecified atom stereocenters. The Kier molecular flexibility index (Phi) is 8.66. The van der Waals surface area contributed by atoms with Gasteiger partial charge in [-0.2, -0.15) is 0 Å². The predicted molar refractivity (Wildman–Crippen MR) is 142 cm³/mol. The molecule has 1 aromatic carbocycles. The van der Waals surface area contributed by atoms with E-state index in [9.17, 15) is 4.79 Å². The number of Topliss-reactive ketones (excluding diaryl/α,β-unsaturated/α-hetero) is 1. The second-order valence-electron chi connectivity index (χ2n) is 11.4. The molecule has 1 fully saturated rings. The summed E-state index contributed by atoms with van der Waals surface area (Å²) in [7, 11) is 0.0139. The molecule has 1 N–H and O–H groups in total. The largest absolute Gasteiger partial charge is 0.493 e. The molecule has 3 nitrogen and oxygen atoms in total. The predicted octanol–water partition coefficient (Wildman–Crippen LogP) is 7.30. The van der Waals surface area contributed by atoms with Crippen molar-refractivity contribution in [1.82, 2.24) is 5.32 Å². The van der Waals surface area contributed by atoms with Crippen LogP contribution in [0.4, 0.5) is 0 Å². The van der Waals surface area contributed by atoms with Crippen LogP contribution in [0.25, 0.3) is 0 Å². The number of hydrogen-bond acceptors (Lipinski definition) is 3. The lowest BCUT2D eigenvalue weighted by Crippen LogP contribution is -2.55. The molecule has 2 aliphatic carbocycles. The molecule has 0 saturated heterocycles. The Hall–Kier alpha value is -1.39. The summed E-state index contributed by atoms with van der Waals surface area (Å²) in [5.74, 6) is 1.22. The Bertz CT molecular complexity index is 808. The average Bonchev–Trinajstić information content (AvgIpc) is 2.89. The molecule has 0 aliphatic heterocycles. The van der Waals surface area contributed by atoms with E-state index >= 15 is 0 Å². The van der Waals surface area contributed by atoms with Crippen molar-refractivity contribution in [2.24, 2.45) is 5.92 Å². The van der Waals surface area contributed by atoms with Crippen LogP contribution in [0.15, 0.2) is 41.7 Å². The monoisotopic (exact) mass is 469 g/mol. The second kappa shape index (κ2) is 10.9.